The number of hydrogen-bond donors (Lipinski definition) is 1. The summed E-state index contributed by atoms with van der Waals surface area (Å²) >= 11 is 0.460. The van der Waals surface area contributed by atoms with Gasteiger partial charge in [-0.1, -0.05) is 0 Å². The molecule has 0 fully saturated rings. The van der Waals surface area contributed by atoms with Crippen molar-refractivity contribution >= 4 is 33.1 Å². The number of hydrogen-bond acceptors (Lipinski definition) is 5. The van der Waals surface area contributed by atoms with E-state index in [0.29, 0.717) is 23.5 Å². The van der Waals surface area contributed by atoms with E-state index in [4.69, 9.17) is 0 Å². The van der Waals surface area contributed by atoms with E-state index in [-0.39, 0.29) is 9.43 Å². The number of nitro groups is 1. The summed E-state index contributed by atoms with van der Waals surface area (Å²) in [6.07, 6.45) is -4.85. The molecule has 1 amide bonds. The molecule has 2 aromatic rings. The molecule has 1 N–H and O–H groups in total. The van der Waals surface area contributed by atoms with Gasteiger partial charge < -0.3 is 10.5 Å². The summed E-state index contributed by atoms with van der Waals surface area (Å²) in [6.45, 7) is 0. The summed E-state index contributed by atoms with van der Waals surface area (Å²) in [5.41, 5.74) is -2.77. The number of non-ortho nitro benzene ring substituents is 1. The van der Waals surface area contributed by atoms with E-state index in [1.54, 1.807) is 0 Å². The smallest absolute Gasteiger partial charge is 0.416 e. The summed E-state index contributed by atoms with van der Waals surface area (Å²) in [7, 11) is 1.22. The Morgan fingerprint density at radius 3 is 2.52 bits per heavy atom. The third-order valence-electron chi connectivity index (χ3n) is 2.60. The molecule has 7 nitrogen and oxygen atoms in total. The predicted octanol–water partition coefficient (Wildman–Crippen LogP) is 1.82. The first-order valence-electron chi connectivity index (χ1n) is 5.30. The molecule has 0 aliphatic carbocycles. The zero-order chi connectivity index (χ0) is 15.9. The lowest BCUT2D eigenvalue weighted by atomic mass is 10.2. The van der Waals surface area contributed by atoms with E-state index in [0.717, 1.165) is 0 Å². The Morgan fingerprint density at radius 1 is 1.43 bits per heavy atom. The number of halogens is 3. The van der Waals surface area contributed by atoms with Crippen molar-refractivity contribution in [1.82, 2.24) is 5.32 Å². The summed E-state index contributed by atoms with van der Waals surface area (Å²) in [4.78, 5) is 21.3. The third-order valence-corrected chi connectivity index (χ3v) is 3.76. The van der Waals surface area contributed by atoms with Gasteiger partial charge in [0.05, 0.1) is 10.5 Å². The minimum Gasteiger partial charge on any atom is -0.617 e. The molecule has 1 aromatic heterocycles. The number of benzene rings is 1. The Labute approximate surface area is 118 Å². The highest BCUT2D eigenvalue weighted by Crippen LogP contribution is 2.37. The second-order valence-electron chi connectivity index (χ2n) is 3.88. The second-order valence-corrected chi connectivity index (χ2v) is 4.88. The van der Waals surface area contributed by atoms with Crippen molar-refractivity contribution in [1.29, 1.82) is 0 Å². The molecule has 0 saturated carbocycles. The molecule has 0 unspecified atom stereocenters. The second kappa shape index (κ2) is 4.84. The number of amides is 1. The fourth-order valence-corrected chi connectivity index (χ4v) is 2.70. The summed E-state index contributed by atoms with van der Waals surface area (Å²) < 4.78 is 37.8. The molecule has 0 aliphatic heterocycles. The monoisotopic (exact) mass is 321 g/mol. The van der Waals surface area contributed by atoms with Gasteiger partial charge in [0, 0.05) is 19.2 Å². The van der Waals surface area contributed by atoms with Crippen molar-refractivity contribution in [2.24, 2.45) is 0 Å². The van der Waals surface area contributed by atoms with Gasteiger partial charge in [-0.3, -0.25) is 14.9 Å². The van der Waals surface area contributed by atoms with Gasteiger partial charge in [-0.05, 0) is 11.3 Å². The molecular weight excluding hydrogens is 315 g/mol. The van der Waals surface area contributed by atoms with Crippen LogP contribution in [0.2, 0.25) is 0 Å². The zero-order valence-electron chi connectivity index (χ0n) is 10.2. The minimum absolute atomic E-state index is 0.0406. The van der Waals surface area contributed by atoms with Crippen molar-refractivity contribution < 1.29 is 27.6 Å². The van der Waals surface area contributed by atoms with Gasteiger partial charge in [-0.2, -0.15) is 13.2 Å². The van der Waals surface area contributed by atoms with Crippen LogP contribution in [0.25, 0.3) is 10.2 Å². The van der Waals surface area contributed by atoms with Crippen LogP contribution in [0.4, 0.5) is 18.9 Å². The van der Waals surface area contributed by atoms with Gasteiger partial charge in [-0.15, -0.1) is 4.73 Å². The maximum absolute atomic E-state index is 12.7. The molecule has 0 spiro atoms. The van der Waals surface area contributed by atoms with Crippen molar-refractivity contribution in [2.75, 3.05) is 7.05 Å². The molecule has 0 bridgehead atoms. The molecule has 0 atom stereocenters. The number of nitrogens with one attached hydrogen (secondary N) is 1. The highest BCUT2D eigenvalue weighted by Gasteiger charge is 2.37. The highest BCUT2D eigenvalue weighted by molar-refractivity contribution is 7.20. The van der Waals surface area contributed by atoms with Crippen molar-refractivity contribution in [3.8, 4) is 0 Å². The number of aromatic nitrogens is 1. The molecule has 1 heterocycles. The molecule has 2 rings (SSSR count). The van der Waals surface area contributed by atoms with E-state index in [1.165, 1.54) is 7.05 Å². The zero-order valence-corrected chi connectivity index (χ0v) is 11.0. The predicted molar refractivity (Wildman–Crippen MR) is 65.8 cm³/mol. The quantitative estimate of drug-likeness (QED) is 0.395. The Balaban J connectivity index is 2.86. The van der Waals surface area contributed by atoms with Gasteiger partial charge in [0.25, 0.3) is 5.69 Å². The number of alkyl halides is 3. The fraction of sp³-hybridized carbons (Fsp3) is 0.200. The number of carbonyl (C=O) groups excluding carboxylic acids is 1. The van der Waals surface area contributed by atoms with Crippen molar-refractivity contribution in [2.45, 2.75) is 6.18 Å². The molecule has 11 heteroatoms. The van der Waals surface area contributed by atoms with Crippen LogP contribution in [0.3, 0.4) is 0 Å². The van der Waals surface area contributed by atoms with Gasteiger partial charge in [0.2, 0.25) is 5.52 Å². The van der Waals surface area contributed by atoms with E-state index in [9.17, 15) is 33.3 Å². The summed E-state index contributed by atoms with van der Waals surface area (Å²) in [5, 5.41) is 24.4. The number of fused-ring (bicyclic) bond motifs is 1. The maximum Gasteiger partial charge on any atom is 0.416 e. The van der Waals surface area contributed by atoms with Crippen LogP contribution in [-0.4, -0.2) is 17.9 Å². The Kier molecular flexibility index (Phi) is 3.45. The van der Waals surface area contributed by atoms with E-state index < -0.39 is 38.8 Å². The fourth-order valence-electron chi connectivity index (χ4n) is 1.65. The van der Waals surface area contributed by atoms with Crippen molar-refractivity contribution in [3.63, 3.8) is 0 Å². The molecule has 0 aliphatic rings. The standard InChI is InChI=1S/C10H6F3N3O4S/c1-14-8(17)9-15(18)5-2-4(10(11,12)13)3-6(16(19)20)7(5)21-9/h2-3H,1H3,(H,14,17). The first-order valence-corrected chi connectivity index (χ1v) is 6.12. The average molecular weight is 321 g/mol. The van der Waals surface area contributed by atoms with Crippen LogP contribution < -0.4 is 10.0 Å². The average Bonchev–Trinajstić information content (AvgIpc) is 2.73. The topological polar surface area (TPSA) is 99.2 Å². The summed E-state index contributed by atoms with van der Waals surface area (Å²) in [5.74, 6) is -0.839. The van der Waals surface area contributed by atoms with Crippen LogP contribution in [0.5, 0.6) is 0 Å². The normalized spacial score (nSPS) is 11.6. The van der Waals surface area contributed by atoms with Crippen LogP contribution in [0, 0.1) is 15.3 Å². The van der Waals surface area contributed by atoms with Gasteiger partial charge in [0.1, 0.15) is 0 Å². The van der Waals surface area contributed by atoms with Gasteiger partial charge in [0.15, 0.2) is 4.70 Å². The Morgan fingerprint density at radius 2 is 2.05 bits per heavy atom. The van der Waals surface area contributed by atoms with E-state index in [2.05, 4.69) is 5.32 Å². The molecular formula is C10H6F3N3O4S. The Hall–Kier alpha value is -2.43. The largest absolute Gasteiger partial charge is 0.617 e. The SMILES string of the molecule is CNC(=O)c1sc2c([N+](=O)[O-])cc(C(F)(F)F)cc2[n+]1[O-]. The Bertz CT molecular complexity index is 756. The van der Waals surface area contributed by atoms with Gasteiger partial charge >= 0.3 is 17.1 Å². The van der Waals surface area contributed by atoms with E-state index in [1.807, 2.05) is 0 Å². The lowest BCUT2D eigenvalue weighted by Crippen LogP contribution is -2.35. The first-order chi connectivity index (χ1) is 9.66. The lowest BCUT2D eigenvalue weighted by molar-refractivity contribution is -0.574. The van der Waals surface area contributed by atoms with Crippen LogP contribution in [-0.2, 0) is 6.18 Å². The maximum atomic E-state index is 12.7. The first kappa shape index (κ1) is 15.0. The molecule has 0 saturated heterocycles. The van der Waals surface area contributed by atoms with Crippen LogP contribution in [0.1, 0.15) is 15.4 Å². The molecule has 21 heavy (non-hydrogen) atoms. The summed E-state index contributed by atoms with van der Waals surface area (Å²) in [6, 6.07) is 0.824. The van der Waals surface area contributed by atoms with Gasteiger partial charge in [-0.25, -0.2) is 0 Å². The highest BCUT2D eigenvalue weighted by atomic mass is 32.1. The number of rotatable bonds is 2. The lowest BCUT2D eigenvalue weighted by Gasteiger charge is -2.05. The molecule has 0 radical (unpaired) electrons. The number of nitro benzene ring substituents is 1. The minimum atomic E-state index is -4.85. The number of carbonyl (C=O) groups is 1. The number of thiazole rings is 1. The van der Waals surface area contributed by atoms with Crippen LogP contribution in [0.15, 0.2) is 12.1 Å². The van der Waals surface area contributed by atoms with Crippen molar-refractivity contribution in [3.05, 3.63) is 38.0 Å². The van der Waals surface area contributed by atoms with Crippen LogP contribution >= 0.6 is 11.3 Å². The third kappa shape index (κ3) is 2.46. The molecule has 1 aromatic carbocycles. The number of nitrogens with zero attached hydrogens (tertiary/aromatic N) is 2. The molecule has 112 valence electrons. The van der Waals surface area contributed by atoms with E-state index >= 15 is 0 Å².